The molecule has 6 aromatic carbocycles. The van der Waals surface area contributed by atoms with Gasteiger partial charge in [0, 0.05) is 11.4 Å². The van der Waals surface area contributed by atoms with E-state index in [4.69, 9.17) is 0 Å². The third kappa shape index (κ3) is 12.8. The second-order valence-corrected chi connectivity index (χ2v) is 17.2. The minimum absolute atomic E-state index is 0.193. The molecule has 6 aromatic rings. The molecule has 8 rings (SSSR count). The molecule has 0 amide bonds. The maximum Gasteiger partial charge on any atom is 0.461 e. The van der Waals surface area contributed by atoms with E-state index in [9.17, 15) is 80.5 Å². The molecule has 74 heavy (non-hydrogen) atoms. The van der Waals surface area contributed by atoms with Gasteiger partial charge in [0.1, 0.15) is 23.1 Å². The summed E-state index contributed by atoms with van der Waals surface area (Å²) in [6, 6.07) is 29.0. The lowest BCUT2D eigenvalue weighted by Gasteiger charge is -2.41. The van der Waals surface area contributed by atoms with Gasteiger partial charge in [-0.1, -0.05) is 72.8 Å². The lowest BCUT2D eigenvalue weighted by Crippen LogP contribution is -2.44. The molecule has 4 atom stereocenters. The lowest BCUT2D eigenvalue weighted by molar-refractivity contribution is -0.253. The molecule has 2 aliphatic heterocycles. The van der Waals surface area contributed by atoms with Crippen molar-refractivity contribution in [2.24, 2.45) is 0 Å². The Morgan fingerprint density at radius 2 is 0.824 bits per heavy atom. The number of anilines is 2. The number of aliphatic hydroxyl groups excluding tert-OH is 2. The molecular formula is C52H42F16N2O4. The highest BCUT2D eigenvalue weighted by Crippen LogP contribution is 2.46. The van der Waals surface area contributed by atoms with Crippen LogP contribution in [0.2, 0.25) is 0 Å². The standard InChI is InChI=1S/2C26H21F8NO2/c2*27-17-6-1-4-15(12-17)19-8-3-9-22-20(19)10-11-21(35(22)14-23(36)25(30,31)32)16-5-2-7-18(13-16)37-26(33,34)24(28)29/h2*1-9,12-13,21,23-24,36H,10-11,14H2. The maximum atomic E-state index is 13.9. The molecule has 22 heteroatoms. The Kier molecular flexibility index (Phi) is 16.4. The van der Waals surface area contributed by atoms with E-state index in [0.717, 1.165) is 24.3 Å². The molecule has 0 fully saturated rings. The van der Waals surface area contributed by atoms with Crippen LogP contribution in [-0.2, 0) is 12.8 Å². The van der Waals surface area contributed by atoms with Crippen LogP contribution in [0.5, 0.6) is 11.5 Å². The number of halogens is 16. The Labute approximate surface area is 412 Å². The average molecular weight is 1060 g/mol. The number of hydrogen-bond donors (Lipinski definition) is 2. The summed E-state index contributed by atoms with van der Waals surface area (Å²) in [5, 5.41) is 19.8. The molecule has 0 spiro atoms. The van der Waals surface area contributed by atoms with Crippen LogP contribution in [0.4, 0.5) is 81.6 Å². The molecule has 0 saturated carbocycles. The van der Waals surface area contributed by atoms with Crippen LogP contribution in [-0.4, -0.2) is 72.9 Å². The second kappa shape index (κ2) is 22.0. The van der Waals surface area contributed by atoms with E-state index in [1.165, 1.54) is 70.5 Å². The van der Waals surface area contributed by atoms with Gasteiger partial charge in [-0.25, -0.2) is 8.78 Å². The summed E-state index contributed by atoms with van der Waals surface area (Å²) in [7, 11) is 0. The molecule has 396 valence electrons. The van der Waals surface area contributed by atoms with E-state index in [1.807, 2.05) is 0 Å². The molecule has 0 bridgehead atoms. The zero-order chi connectivity index (χ0) is 53.9. The first kappa shape index (κ1) is 55.1. The van der Waals surface area contributed by atoms with Gasteiger partial charge in [-0.3, -0.25) is 0 Å². The minimum atomic E-state index is -4.94. The van der Waals surface area contributed by atoms with Crippen LogP contribution < -0.4 is 19.3 Å². The Bertz CT molecular complexity index is 2690. The maximum absolute atomic E-state index is 13.9. The van der Waals surface area contributed by atoms with E-state index in [-0.39, 0.29) is 24.0 Å². The zero-order valence-electron chi connectivity index (χ0n) is 38.1. The first-order chi connectivity index (χ1) is 34.7. The van der Waals surface area contributed by atoms with Gasteiger partial charge in [-0.2, -0.15) is 61.5 Å². The molecule has 2 N–H and O–H groups in total. The van der Waals surface area contributed by atoms with Crippen molar-refractivity contribution in [3.63, 3.8) is 0 Å². The summed E-state index contributed by atoms with van der Waals surface area (Å²) in [5.74, 6) is -2.16. The molecule has 6 nitrogen and oxygen atoms in total. The summed E-state index contributed by atoms with van der Waals surface area (Å²) < 4.78 is 220. The number of alkyl halides is 14. The summed E-state index contributed by atoms with van der Waals surface area (Å²) in [6.45, 7) is -1.77. The molecule has 0 saturated heterocycles. The summed E-state index contributed by atoms with van der Waals surface area (Å²) in [5.41, 5.74) is 4.60. The number of fused-ring (bicyclic) bond motifs is 2. The fourth-order valence-corrected chi connectivity index (χ4v) is 8.97. The third-order valence-corrected chi connectivity index (χ3v) is 12.3. The average Bonchev–Trinajstić information content (AvgIpc) is 3.33. The zero-order valence-corrected chi connectivity index (χ0v) is 38.1. The van der Waals surface area contributed by atoms with Crippen LogP contribution in [0.3, 0.4) is 0 Å². The number of hydrogen-bond acceptors (Lipinski definition) is 6. The summed E-state index contributed by atoms with van der Waals surface area (Å²) >= 11 is 0. The van der Waals surface area contributed by atoms with Gasteiger partial charge in [0.15, 0.2) is 12.2 Å². The molecular weight excluding hydrogens is 1020 g/mol. The predicted molar refractivity (Wildman–Crippen MR) is 241 cm³/mol. The Morgan fingerprint density at radius 3 is 1.16 bits per heavy atom. The number of β-amino-alcohol motifs (C(OH)–C–C–N with tert-alkyl or cyclic N) is 2. The van der Waals surface area contributed by atoms with E-state index >= 15 is 0 Å². The molecule has 2 heterocycles. The molecule has 0 aliphatic carbocycles. The lowest BCUT2D eigenvalue weighted by atomic mass is 9.86. The van der Waals surface area contributed by atoms with Gasteiger partial charge < -0.3 is 29.5 Å². The van der Waals surface area contributed by atoms with E-state index in [1.54, 1.807) is 48.5 Å². The number of aliphatic hydroxyl groups is 2. The number of nitrogens with zero attached hydrogens (tertiary/aromatic N) is 2. The van der Waals surface area contributed by atoms with E-state index in [0.29, 0.717) is 57.6 Å². The monoisotopic (exact) mass is 1060 g/mol. The second-order valence-electron chi connectivity index (χ2n) is 17.2. The first-order valence-corrected chi connectivity index (χ1v) is 22.4. The summed E-state index contributed by atoms with van der Waals surface area (Å²) in [4.78, 5) is 2.59. The molecule has 4 unspecified atom stereocenters. The van der Waals surface area contributed by atoms with Gasteiger partial charge in [0.25, 0.3) is 0 Å². The number of ether oxygens (including phenoxy) is 2. The van der Waals surface area contributed by atoms with Crippen molar-refractivity contribution < 1.29 is 89.9 Å². The van der Waals surface area contributed by atoms with Gasteiger partial charge >= 0.3 is 37.4 Å². The van der Waals surface area contributed by atoms with Crippen LogP contribution in [0, 0.1) is 11.6 Å². The highest BCUT2D eigenvalue weighted by molar-refractivity contribution is 5.77. The quantitative estimate of drug-likeness (QED) is 0.106. The van der Waals surface area contributed by atoms with Gasteiger partial charge in [-0.05, 0) is 131 Å². The van der Waals surface area contributed by atoms with Crippen LogP contribution in [0.1, 0.15) is 47.2 Å². The predicted octanol–water partition coefficient (Wildman–Crippen LogP) is 14.3. The minimum Gasteiger partial charge on any atom is -0.428 e. The van der Waals surface area contributed by atoms with Gasteiger partial charge in [-0.15, -0.1) is 0 Å². The normalized spacial score (nSPS) is 17.0. The topological polar surface area (TPSA) is 65.4 Å². The SMILES string of the molecule is OC(CN1c2cccc(-c3cccc(F)c3)c2CCC1c1cccc(OC(F)(F)C(F)F)c1)C(F)(F)F.OC(CN1c2cccc(-c3cccc(F)c3)c2CCC1c1cccc(OC(F)(F)C(F)F)c1)C(F)(F)F. The highest BCUT2D eigenvalue weighted by Gasteiger charge is 2.46. The molecule has 0 radical (unpaired) electrons. The van der Waals surface area contributed by atoms with E-state index < -0.39 is 97.9 Å². The van der Waals surface area contributed by atoms with Crippen molar-refractivity contribution >= 4 is 11.4 Å². The third-order valence-electron chi connectivity index (χ3n) is 12.3. The smallest absolute Gasteiger partial charge is 0.428 e. The first-order valence-electron chi connectivity index (χ1n) is 22.4. The van der Waals surface area contributed by atoms with Crippen molar-refractivity contribution in [2.45, 2.75) is 87.4 Å². The van der Waals surface area contributed by atoms with E-state index in [2.05, 4.69) is 9.47 Å². The largest absolute Gasteiger partial charge is 0.461 e. The fraction of sp³-hybridized carbons (Fsp3) is 0.308. The van der Waals surface area contributed by atoms with Crippen molar-refractivity contribution in [1.82, 2.24) is 0 Å². The van der Waals surface area contributed by atoms with Crippen molar-refractivity contribution in [2.75, 3.05) is 22.9 Å². The van der Waals surface area contributed by atoms with Gasteiger partial charge in [0.2, 0.25) is 0 Å². The number of benzene rings is 6. The van der Waals surface area contributed by atoms with Crippen LogP contribution in [0.25, 0.3) is 22.3 Å². The van der Waals surface area contributed by atoms with Gasteiger partial charge in [0.05, 0.1) is 25.2 Å². The summed E-state index contributed by atoms with van der Waals surface area (Å²) in [6.07, 6.45) is -32.0. The molecule has 2 aliphatic rings. The van der Waals surface area contributed by atoms with Crippen LogP contribution >= 0.6 is 0 Å². The number of rotatable bonds is 14. The highest BCUT2D eigenvalue weighted by atomic mass is 19.4. The Morgan fingerprint density at radius 1 is 0.473 bits per heavy atom. The van der Waals surface area contributed by atoms with Crippen LogP contribution in [0.15, 0.2) is 133 Å². The van der Waals surface area contributed by atoms with Crippen molar-refractivity contribution in [3.8, 4) is 33.8 Å². The molecule has 0 aromatic heterocycles. The Hall–Kier alpha value is -6.68. The van der Waals surface area contributed by atoms with Crippen molar-refractivity contribution in [1.29, 1.82) is 0 Å². The van der Waals surface area contributed by atoms with Crippen molar-refractivity contribution in [3.05, 3.63) is 167 Å². The Balaban J connectivity index is 0.000000216. The fourth-order valence-electron chi connectivity index (χ4n) is 8.97.